The summed E-state index contributed by atoms with van der Waals surface area (Å²) in [6.07, 6.45) is 2.53. The largest absolute Gasteiger partial charge is 0.318 e. The van der Waals surface area contributed by atoms with E-state index < -0.39 is 5.41 Å². The molecule has 3 heterocycles. The number of nitrogens with zero attached hydrogens (tertiary/aromatic N) is 2. The molecule has 0 spiro atoms. The smallest absolute Gasteiger partial charge is 0.246 e. The maximum atomic E-state index is 13.3. The maximum absolute atomic E-state index is 13.3. The molecule has 1 aromatic carbocycles. The molecular formula is C21H21N3OS2. The van der Waals surface area contributed by atoms with E-state index in [0.29, 0.717) is 10.6 Å². The fourth-order valence-electron chi connectivity index (χ4n) is 3.90. The number of nitriles is 1. The zero-order valence-corrected chi connectivity index (χ0v) is 16.6. The Kier molecular flexibility index (Phi) is 5.35. The van der Waals surface area contributed by atoms with Gasteiger partial charge in [-0.15, -0.1) is 23.1 Å². The molecule has 1 atom stereocenters. The zero-order chi connectivity index (χ0) is 18.7. The summed E-state index contributed by atoms with van der Waals surface area (Å²) in [5.74, 6) is 0.743. The van der Waals surface area contributed by atoms with Crippen molar-refractivity contribution >= 4 is 29.0 Å². The molecule has 0 aliphatic carbocycles. The van der Waals surface area contributed by atoms with E-state index in [1.165, 1.54) is 24.2 Å². The Balaban J connectivity index is 1.70. The van der Waals surface area contributed by atoms with Crippen LogP contribution in [0.15, 0.2) is 58.4 Å². The Labute approximate surface area is 167 Å². The molecule has 0 radical (unpaired) electrons. The van der Waals surface area contributed by atoms with Gasteiger partial charge < -0.3 is 10.2 Å². The molecule has 2 aromatic rings. The van der Waals surface area contributed by atoms with Gasteiger partial charge in [0.15, 0.2) is 0 Å². The number of nitrogens with one attached hydrogen (secondary N) is 1. The lowest BCUT2D eigenvalue weighted by molar-refractivity contribution is -0.122. The molecule has 1 aromatic heterocycles. The van der Waals surface area contributed by atoms with Gasteiger partial charge in [-0.3, -0.25) is 4.79 Å². The highest BCUT2D eigenvalue weighted by molar-refractivity contribution is 8.03. The summed E-state index contributed by atoms with van der Waals surface area (Å²) in [4.78, 5) is 16.6. The van der Waals surface area contributed by atoms with Crippen LogP contribution < -0.4 is 5.32 Å². The summed E-state index contributed by atoms with van der Waals surface area (Å²) >= 11 is 3.11. The van der Waals surface area contributed by atoms with E-state index in [1.54, 1.807) is 11.8 Å². The number of carbonyl (C=O) groups is 1. The standard InChI is InChI=1S/C21H21N3OS2/c22-15-17-19(27-14-12-24-10-4-5-11-24)23-20(25)21(17,18-9-6-13-26-18)16-7-2-1-3-8-16/h1-3,6-9,13H,4-5,10-12,14H2,(H,23,25). The molecule has 2 aliphatic rings. The minimum atomic E-state index is -1.04. The van der Waals surface area contributed by atoms with Gasteiger partial charge in [0, 0.05) is 17.2 Å². The van der Waals surface area contributed by atoms with Crippen LogP contribution >= 0.6 is 23.1 Å². The Morgan fingerprint density at radius 3 is 2.63 bits per heavy atom. The first kappa shape index (κ1) is 18.3. The monoisotopic (exact) mass is 395 g/mol. The summed E-state index contributed by atoms with van der Waals surface area (Å²) in [6, 6.07) is 15.9. The predicted molar refractivity (Wildman–Crippen MR) is 110 cm³/mol. The van der Waals surface area contributed by atoms with Crippen molar-refractivity contribution in [2.45, 2.75) is 18.3 Å². The molecule has 4 rings (SSSR count). The second kappa shape index (κ2) is 7.89. The molecule has 1 unspecified atom stereocenters. The number of carbonyl (C=O) groups excluding carboxylic acids is 1. The molecule has 0 saturated carbocycles. The Morgan fingerprint density at radius 2 is 1.96 bits per heavy atom. The Bertz CT molecular complexity index is 880. The number of rotatable bonds is 6. The number of hydrogen-bond acceptors (Lipinski definition) is 5. The third-order valence-electron chi connectivity index (χ3n) is 5.23. The molecule has 138 valence electrons. The first-order valence-corrected chi connectivity index (χ1v) is 11.0. The van der Waals surface area contributed by atoms with Crippen LogP contribution in [0.2, 0.25) is 0 Å². The van der Waals surface area contributed by atoms with Gasteiger partial charge in [0.25, 0.3) is 0 Å². The third kappa shape index (κ3) is 3.20. The van der Waals surface area contributed by atoms with Crippen LogP contribution in [0.3, 0.4) is 0 Å². The van der Waals surface area contributed by atoms with E-state index in [9.17, 15) is 10.1 Å². The van der Waals surface area contributed by atoms with Gasteiger partial charge in [-0.25, -0.2) is 0 Å². The van der Waals surface area contributed by atoms with Gasteiger partial charge in [-0.1, -0.05) is 36.4 Å². The molecule has 27 heavy (non-hydrogen) atoms. The van der Waals surface area contributed by atoms with Crippen molar-refractivity contribution in [2.24, 2.45) is 0 Å². The fourth-order valence-corrected chi connectivity index (χ4v) is 5.91. The van der Waals surface area contributed by atoms with Crippen molar-refractivity contribution in [2.75, 3.05) is 25.4 Å². The van der Waals surface area contributed by atoms with Gasteiger partial charge in [0.2, 0.25) is 5.91 Å². The van der Waals surface area contributed by atoms with Crippen LogP contribution in [0.1, 0.15) is 23.3 Å². The van der Waals surface area contributed by atoms with Gasteiger partial charge in [-0.05, 0) is 42.9 Å². The highest BCUT2D eigenvalue weighted by atomic mass is 32.2. The average Bonchev–Trinajstić information content (AvgIpc) is 3.43. The highest BCUT2D eigenvalue weighted by Crippen LogP contribution is 2.47. The molecule has 1 N–H and O–H groups in total. The van der Waals surface area contributed by atoms with E-state index in [-0.39, 0.29) is 5.91 Å². The lowest BCUT2D eigenvalue weighted by Crippen LogP contribution is -2.39. The quantitative estimate of drug-likeness (QED) is 0.810. The first-order valence-electron chi connectivity index (χ1n) is 9.18. The van der Waals surface area contributed by atoms with Crippen LogP contribution in [-0.2, 0) is 10.2 Å². The van der Waals surface area contributed by atoms with Crippen LogP contribution in [0.4, 0.5) is 0 Å². The van der Waals surface area contributed by atoms with E-state index in [4.69, 9.17) is 0 Å². The van der Waals surface area contributed by atoms with E-state index >= 15 is 0 Å². The second-order valence-electron chi connectivity index (χ2n) is 6.76. The molecule has 1 fully saturated rings. The average molecular weight is 396 g/mol. The number of amides is 1. The van der Waals surface area contributed by atoms with Crippen LogP contribution in [0, 0.1) is 11.3 Å². The molecule has 0 bridgehead atoms. The number of thioether (sulfide) groups is 1. The number of thiophene rings is 1. The first-order chi connectivity index (χ1) is 13.3. The van der Waals surface area contributed by atoms with Crippen molar-refractivity contribution in [1.82, 2.24) is 10.2 Å². The topological polar surface area (TPSA) is 56.1 Å². The minimum Gasteiger partial charge on any atom is -0.318 e. The van der Waals surface area contributed by atoms with Crippen LogP contribution in [0.5, 0.6) is 0 Å². The summed E-state index contributed by atoms with van der Waals surface area (Å²) in [5.41, 5.74) is 0.324. The highest BCUT2D eigenvalue weighted by Gasteiger charge is 2.52. The van der Waals surface area contributed by atoms with Crippen molar-refractivity contribution in [3.8, 4) is 6.07 Å². The third-order valence-corrected chi connectivity index (χ3v) is 7.20. The molecule has 4 nitrogen and oxygen atoms in total. The summed E-state index contributed by atoms with van der Waals surface area (Å²) in [5, 5.41) is 15.7. The van der Waals surface area contributed by atoms with Crippen molar-refractivity contribution in [1.29, 1.82) is 5.26 Å². The SMILES string of the molecule is N#CC1=C(SCCN2CCCC2)NC(=O)C1(c1ccccc1)c1cccs1. The predicted octanol–water partition coefficient (Wildman–Crippen LogP) is 3.73. The molecular weight excluding hydrogens is 374 g/mol. The second-order valence-corrected chi connectivity index (χ2v) is 8.81. The van der Waals surface area contributed by atoms with Gasteiger partial charge in [0.05, 0.1) is 16.7 Å². The zero-order valence-electron chi connectivity index (χ0n) is 15.0. The molecule has 6 heteroatoms. The van der Waals surface area contributed by atoms with Crippen molar-refractivity contribution < 1.29 is 4.79 Å². The van der Waals surface area contributed by atoms with Crippen molar-refractivity contribution in [3.63, 3.8) is 0 Å². The number of hydrogen-bond donors (Lipinski definition) is 1. The lowest BCUT2D eigenvalue weighted by Gasteiger charge is -2.26. The summed E-state index contributed by atoms with van der Waals surface area (Å²) in [6.45, 7) is 3.29. The van der Waals surface area contributed by atoms with Gasteiger partial charge in [0.1, 0.15) is 5.41 Å². The molecule has 1 amide bonds. The fraction of sp³-hybridized carbons (Fsp3) is 0.333. The molecule has 2 aliphatic heterocycles. The maximum Gasteiger partial charge on any atom is 0.246 e. The van der Waals surface area contributed by atoms with E-state index in [2.05, 4.69) is 16.3 Å². The van der Waals surface area contributed by atoms with Gasteiger partial charge in [-0.2, -0.15) is 5.26 Å². The summed E-state index contributed by atoms with van der Waals surface area (Å²) < 4.78 is 0. The normalized spacial score (nSPS) is 22.9. The van der Waals surface area contributed by atoms with Crippen LogP contribution in [-0.4, -0.2) is 36.2 Å². The minimum absolute atomic E-state index is 0.128. The van der Waals surface area contributed by atoms with E-state index in [1.807, 2.05) is 47.8 Å². The molecule has 1 saturated heterocycles. The van der Waals surface area contributed by atoms with Crippen molar-refractivity contribution in [3.05, 3.63) is 68.9 Å². The van der Waals surface area contributed by atoms with Gasteiger partial charge >= 0.3 is 0 Å². The number of likely N-dealkylation sites (tertiary alicyclic amines) is 1. The lowest BCUT2D eigenvalue weighted by atomic mass is 9.74. The van der Waals surface area contributed by atoms with E-state index in [0.717, 1.165) is 35.8 Å². The summed E-state index contributed by atoms with van der Waals surface area (Å²) in [7, 11) is 0. The Morgan fingerprint density at radius 1 is 1.19 bits per heavy atom. The van der Waals surface area contributed by atoms with Crippen LogP contribution in [0.25, 0.3) is 0 Å². The Hall–Kier alpha value is -2.07. The number of benzene rings is 1.